The van der Waals surface area contributed by atoms with Crippen LogP contribution in [0.5, 0.6) is 0 Å². The van der Waals surface area contributed by atoms with Gasteiger partial charge in [0.25, 0.3) is 11.4 Å². The van der Waals surface area contributed by atoms with Crippen molar-refractivity contribution in [3.05, 3.63) is 141 Å². The Morgan fingerprint density at radius 2 is 1.37 bits per heavy atom. The number of hydrogen-bond acceptors (Lipinski definition) is 5. The van der Waals surface area contributed by atoms with Crippen molar-refractivity contribution >= 4 is 23.3 Å². The molecule has 5 rings (SSSR count). The van der Waals surface area contributed by atoms with E-state index in [9.17, 15) is 20.2 Å². The second-order valence-electron chi connectivity index (χ2n) is 8.66. The smallest absolute Gasteiger partial charge is 0.274 e. The number of non-ortho nitro benzene ring substituents is 1. The minimum atomic E-state index is -0.422. The van der Waals surface area contributed by atoms with Crippen molar-refractivity contribution in [1.29, 1.82) is 0 Å². The van der Waals surface area contributed by atoms with Crippen LogP contribution in [0.4, 0.5) is 17.1 Å². The van der Waals surface area contributed by atoms with Crippen molar-refractivity contribution in [2.75, 3.05) is 0 Å². The first-order chi connectivity index (χ1) is 18.4. The van der Waals surface area contributed by atoms with E-state index in [0.29, 0.717) is 11.3 Å². The second kappa shape index (κ2) is 10.3. The first-order valence-corrected chi connectivity index (χ1v) is 11.8. The molecule has 0 saturated carbocycles. The van der Waals surface area contributed by atoms with Gasteiger partial charge in [-0.3, -0.25) is 25.2 Å². The lowest BCUT2D eigenvalue weighted by Crippen LogP contribution is -2.01. The number of aliphatic imine (C=N–C) groups is 1. The van der Waals surface area contributed by atoms with Crippen LogP contribution in [0.2, 0.25) is 0 Å². The summed E-state index contributed by atoms with van der Waals surface area (Å²) in [5.41, 5.74) is 6.16. The largest absolute Gasteiger partial charge is 0.309 e. The fourth-order valence-electron chi connectivity index (χ4n) is 4.35. The highest BCUT2D eigenvalue weighted by Gasteiger charge is 2.19. The number of hydrogen-bond donors (Lipinski definition) is 0. The van der Waals surface area contributed by atoms with Gasteiger partial charge in [0.2, 0.25) is 0 Å². The van der Waals surface area contributed by atoms with Gasteiger partial charge in [0.15, 0.2) is 0 Å². The molecule has 0 bridgehead atoms. The Labute approximate surface area is 218 Å². The first kappa shape index (κ1) is 24.3. The third kappa shape index (κ3) is 4.83. The summed E-state index contributed by atoms with van der Waals surface area (Å²) in [6, 6.07) is 32.9. The van der Waals surface area contributed by atoms with Gasteiger partial charge in [-0.2, -0.15) is 0 Å². The van der Waals surface area contributed by atoms with Gasteiger partial charge in [0.1, 0.15) is 0 Å². The Morgan fingerprint density at radius 3 is 1.97 bits per heavy atom. The van der Waals surface area contributed by atoms with Crippen LogP contribution in [0.1, 0.15) is 11.1 Å². The summed E-state index contributed by atoms with van der Waals surface area (Å²) in [6.07, 6.45) is 1.70. The van der Waals surface area contributed by atoms with Crippen LogP contribution in [-0.2, 0) is 0 Å². The van der Waals surface area contributed by atoms with Gasteiger partial charge in [0, 0.05) is 41.2 Å². The number of rotatable bonds is 7. The van der Waals surface area contributed by atoms with Crippen molar-refractivity contribution in [3.63, 3.8) is 0 Å². The third-order valence-corrected chi connectivity index (χ3v) is 6.21. The number of benzene rings is 4. The standard InChI is InChI=1S/C30H22N4O4/c1-21-12-13-25(19-28(21)34(37)38)31-20-24-18-29(22-8-4-2-5-9-22)32(30(24)23-10-6-3-7-11-23)26-14-16-27(17-15-26)33(35)36/h2-20H,1H3. The number of aromatic nitrogens is 1. The maximum absolute atomic E-state index is 11.4. The second-order valence-corrected chi connectivity index (χ2v) is 8.66. The molecule has 0 radical (unpaired) electrons. The topological polar surface area (TPSA) is 104 Å². The van der Waals surface area contributed by atoms with E-state index in [0.717, 1.165) is 33.8 Å². The van der Waals surface area contributed by atoms with Crippen LogP contribution >= 0.6 is 0 Å². The number of nitro groups is 2. The predicted octanol–water partition coefficient (Wildman–Crippen LogP) is 7.69. The number of nitro benzene ring substituents is 2. The van der Waals surface area contributed by atoms with Crippen molar-refractivity contribution < 1.29 is 9.85 Å². The van der Waals surface area contributed by atoms with E-state index < -0.39 is 9.85 Å². The molecule has 0 fully saturated rings. The molecule has 0 aliphatic heterocycles. The zero-order chi connectivity index (χ0) is 26.6. The van der Waals surface area contributed by atoms with Crippen LogP contribution in [0.25, 0.3) is 28.2 Å². The normalized spacial score (nSPS) is 11.1. The molecule has 8 heteroatoms. The molecule has 8 nitrogen and oxygen atoms in total. The molecule has 0 spiro atoms. The van der Waals surface area contributed by atoms with E-state index in [4.69, 9.17) is 0 Å². The summed E-state index contributed by atoms with van der Waals surface area (Å²) in [5, 5.41) is 22.7. The van der Waals surface area contributed by atoms with Crippen LogP contribution in [-0.4, -0.2) is 20.6 Å². The first-order valence-electron chi connectivity index (χ1n) is 11.8. The van der Waals surface area contributed by atoms with Gasteiger partial charge in [0.05, 0.1) is 26.9 Å². The van der Waals surface area contributed by atoms with Crippen molar-refractivity contribution in [3.8, 4) is 28.2 Å². The van der Waals surface area contributed by atoms with Crippen molar-refractivity contribution in [2.45, 2.75) is 6.92 Å². The maximum atomic E-state index is 11.4. The number of aryl methyl sites for hydroxylation is 1. The lowest BCUT2D eigenvalue weighted by molar-refractivity contribution is -0.385. The summed E-state index contributed by atoms with van der Waals surface area (Å²) in [7, 11) is 0. The number of nitrogens with zero attached hydrogens (tertiary/aromatic N) is 4. The fourth-order valence-corrected chi connectivity index (χ4v) is 4.35. The molecular weight excluding hydrogens is 480 g/mol. The van der Waals surface area contributed by atoms with Crippen LogP contribution in [0, 0.1) is 27.2 Å². The zero-order valence-electron chi connectivity index (χ0n) is 20.4. The highest BCUT2D eigenvalue weighted by molar-refractivity contribution is 5.94. The van der Waals surface area contributed by atoms with Gasteiger partial charge in [-0.15, -0.1) is 0 Å². The molecule has 0 atom stereocenters. The average molecular weight is 503 g/mol. The SMILES string of the molecule is Cc1ccc(N=Cc2cc(-c3ccccc3)n(-c3ccc([N+](=O)[O-])cc3)c2-c2ccccc2)cc1[N+](=O)[O-]. The highest BCUT2D eigenvalue weighted by Crippen LogP contribution is 2.36. The van der Waals surface area contributed by atoms with Gasteiger partial charge in [-0.1, -0.05) is 66.7 Å². The molecule has 186 valence electrons. The van der Waals surface area contributed by atoms with E-state index in [2.05, 4.69) is 4.99 Å². The Balaban J connectivity index is 1.74. The molecular formula is C30H22N4O4. The van der Waals surface area contributed by atoms with Crippen molar-refractivity contribution in [2.24, 2.45) is 4.99 Å². The minimum absolute atomic E-state index is 0.00572. The molecule has 0 amide bonds. The molecule has 4 aromatic carbocycles. The fraction of sp³-hybridized carbons (Fsp3) is 0.0333. The monoisotopic (exact) mass is 502 g/mol. The quantitative estimate of drug-likeness (QED) is 0.129. The molecule has 38 heavy (non-hydrogen) atoms. The molecule has 0 saturated heterocycles. The van der Waals surface area contributed by atoms with Crippen LogP contribution in [0.15, 0.2) is 114 Å². The zero-order valence-corrected chi connectivity index (χ0v) is 20.4. The molecule has 1 aromatic heterocycles. The molecule has 0 aliphatic rings. The summed E-state index contributed by atoms with van der Waals surface area (Å²) in [5.74, 6) is 0. The molecule has 1 heterocycles. The summed E-state index contributed by atoms with van der Waals surface area (Å²) in [6.45, 7) is 1.69. The van der Waals surface area contributed by atoms with Crippen molar-refractivity contribution in [1.82, 2.24) is 4.57 Å². The molecule has 0 N–H and O–H groups in total. The lowest BCUT2D eigenvalue weighted by atomic mass is 10.1. The van der Waals surface area contributed by atoms with E-state index in [-0.39, 0.29) is 11.4 Å². The Bertz CT molecular complexity index is 1660. The highest BCUT2D eigenvalue weighted by atomic mass is 16.6. The Kier molecular flexibility index (Phi) is 6.61. The minimum Gasteiger partial charge on any atom is -0.309 e. The Morgan fingerprint density at radius 1 is 0.737 bits per heavy atom. The molecule has 5 aromatic rings. The summed E-state index contributed by atoms with van der Waals surface area (Å²) in [4.78, 5) is 26.5. The maximum Gasteiger partial charge on any atom is 0.274 e. The predicted molar refractivity (Wildman–Crippen MR) is 148 cm³/mol. The van der Waals surface area contributed by atoms with Gasteiger partial charge in [-0.25, -0.2) is 0 Å². The third-order valence-electron chi connectivity index (χ3n) is 6.21. The Hall–Kier alpha value is -5.37. The van der Waals surface area contributed by atoms with Crippen LogP contribution < -0.4 is 0 Å². The van der Waals surface area contributed by atoms with E-state index in [1.54, 1.807) is 37.4 Å². The molecule has 0 aliphatic carbocycles. The van der Waals surface area contributed by atoms with E-state index >= 15 is 0 Å². The van der Waals surface area contributed by atoms with Gasteiger partial charge >= 0.3 is 0 Å². The van der Waals surface area contributed by atoms with E-state index in [1.165, 1.54) is 18.2 Å². The lowest BCUT2D eigenvalue weighted by Gasteiger charge is -2.15. The molecule has 0 unspecified atom stereocenters. The van der Waals surface area contributed by atoms with E-state index in [1.807, 2.05) is 71.3 Å². The average Bonchev–Trinajstić information content (AvgIpc) is 3.33. The van der Waals surface area contributed by atoms with Crippen LogP contribution in [0.3, 0.4) is 0 Å². The van der Waals surface area contributed by atoms with Gasteiger partial charge < -0.3 is 4.57 Å². The van der Waals surface area contributed by atoms with Gasteiger partial charge in [-0.05, 0) is 42.3 Å². The summed E-state index contributed by atoms with van der Waals surface area (Å²) < 4.78 is 2.05. The summed E-state index contributed by atoms with van der Waals surface area (Å²) >= 11 is 0.